The molecule has 1 aromatic carbocycles. The van der Waals surface area contributed by atoms with Gasteiger partial charge in [0.05, 0.1) is 23.8 Å². The maximum atomic E-state index is 9.55. The van der Waals surface area contributed by atoms with Gasteiger partial charge in [-0.2, -0.15) is 5.26 Å². The first-order valence-electron chi connectivity index (χ1n) is 7.50. The number of hydrogen-bond donors (Lipinski definition) is 2. The van der Waals surface area contributed by atoms with Crippen LogP contribution >= 0.6 is 0 Å². The van der Waals surface area contributed by atoms with Gasteiger partial charge in [0.15, 0.2) is 5.65 Å². The Bertz CT molecular complexity index is 955. The molecule has 0 aliphatic heterocycles. The van der Waals surface area contributed by atoms with Gasteiger partial charge >= 0.3 is 0 Å². The van der Waals surface area contributed by atoms with E-state index in [4.69, 9.17) is 15.7 Å². The number of benzene rings is 1. The second-order valence-electron chi connectivity index (χ2n) is 5.73. The lowest BCUT2D eigenvalue weighted by Gasteiger charge is -2.31. The SMILES string of the molecule is N#Cc1cccc(Oc2nn(C3CC(O)C3)c3ncnc(N)c23)c1. The van der Waals surface area contributed by atoms with Gasteiger partial charge in [0.2, 0.25) is 0 Å². The van der Waals surface area contributed by atoms with Crippen LogP contribution < -0.4 is 10.5 Å². The number of nitrogens with zero attached hydrogens (tertiary/aromatic N) is 5. The van der Waals surface area contributed by atoms with Crippen LogP contribution in [0.15, 0.2) is 30.6 Å². The summed E-state index contributed by atoms with van der Waals surface area (Å²) in [4.78, 5) is 8.27. The van der Waals surface area contributed by atoms with Crippen molar-refractivity contribution < 1.29 is 9.84 Å². The molecule has 0 saturated heterocycles. The van der Waals surface area contributed by atoms with E-state index in [1.165, 1.54) is 6.33 Å². The number of nitrogens with two attached hydrogens (primary N) is 1. The number of nitrogen functional groups attached to an aromatic ring is 1. The molecule has 120 valence electrons. The molecule has 1 aliphatic rings. The van der Waals surface area contributed by atoms with Crippen molar-refractivity contribution in [3.8, 4) is 17.7 Å². The van der Waals surface area contributed by atoms with Crippen molar-refractivity contribution in [3.63, 3.8) is 0 Å². The zero-order chi connectivity index (χ0) is 16.7. The van der Waals surface area contributed by atoms with E-state index in [-0.39, 0.29) is 18.0 Å². The number of hydrogen-bond acceptors (Lipinski definition) is 7. The Morgan fingerprint density at radius 3 is 2.92 bits per heavy atom. The molecule has 4 rings (SSSR count). The van der Waals surface area contributed by atoms with Crippen LogP contribution in [0.3, 0.4) is 0 Å². The second-order valence-corrected chi connectivity index (χ2v) is 5.73. The fourth-order valence-corrected chi connectivity index (χ4v) is 2.79. The highest BCUT2D eigenvalue weighted by atomic mass is 16.5. The smallest absolute Gasteiger partial charge is 0.251 e. The summed E-state index contributed by atoms with van der Waals surface area (Å²) in [6.07, 6.45) is 2.30. The third kappa shape index (κ3) is 2.31. The predicted octanol–water partition coefficient (Wildman–Crippen LogP) is 1.77. The molecule has 0 unspecified atom stereocenters. The molecule has 2 heterocycles. The number of aliphatic hydroxyl groups excluding tert-OH is 1. The van der Waals surface area contributed by atoms with E-state index in [0.717, 1.165) is 0 Å². The monoisotopic (exact) mass is 322 g/mol. The third-order valence-electron chi connectivity index (χ3n) is 4.10. The maximum absolute atomic E-state index is 9.55. The van der Waals surface area contributed by atoms with Crippen molar-refractivity contribution in [2.75, 3.05) is 5.73 Å². The second kappa shape index (κ2) is 5.47. The molecule has 1 fully saturated rings. The van der Waals surface area contributed by atoms with Crippen molar-refractivity contribution in [2.24, 2.45) is 0 Å². The van der Waals surface area contributed by atoms with Gasteiger partial charge in [-0.05, 0) is 31.0 Å². The van der Waals surface area contributed by atoms with Crippen molar-refractivity contribution in [3.05, 3.63) is 36.2 Å². The Balaban J connectivity index is 1.78. The summed E-state index contributed by atoms with van der Waals surface area (Å²) >= 11 is 0. The van der Waals surface area contributed by atoms with Crippen LogP contribution in [0.2, 0.25) is 0 Å². The van der Waals surface area contributed by atoms with Gasteiger partial charge in [0, 0.05) is 0 Å². The summed E-state index contributed by atoms with van der Waals surface area (Å²) < 4.78 is 7.56. The minimum absolute atomic E-state index is 0.0552. The van der Waals surface area contributed by atoms with Gasteiger partial charge in [0.1, 0.15) is 23.3 Å². The molecule has 0 spiro atoms. The van der Waals surface area contributed by atoms with E-state index in [9.17, 15) is 5.11 Å². The molecule has 24 heavy (non-hydrogen) atoms. The maximum Gasteiger partial charge on any atom is 0.251 e. The molecule has 0 radical (unpaired) electrons. The average Bonchev–Trinajstić information content (AvgIpc) is 2.91. The number of nitriles is 1. The van der Waals surface area contributed by atoms with Gasteiger partial charge in [-0.25, -0.2) is 14.6 Å². The van der Waals surface area contributed by atoms with Gasteiger partial charge in [-0.1, -0.05) is 6.07 Å². The lowest BCUT2D eigenvalue weighted by molar-refractivity contribution is 0.0447. The summed E-state index contributed by atoms with van der Waals surface area (Å²) in [6, 6.07) is 8.90. The van der Waals surface area contributed by atoms with E-state index >= 15 is 0 Å². The van der Waals surface area contributed by atoms with E-state index in [1.807, 2.05) is 0 Å². The summed E-state index contributed by atoms with van der Waals surface area (Å²) in [5.41, 5.74) is 7.04. The quantitative estimate of drug-likeness (QED) is 0.753. The van der Waals surface area contributed by atoms with Crippen molar-refractivity contribution in [2.45, 2.75) is 25.0 Å². The number of anilines is 1. The highest BCUT2D eigenvalue weighted by molar-refractivity contribution is 5.90. The molecule has 8 heteroatoms. The minimum atomic E-state index is -0.315. The Labute approximate surface area is 137 Å². The van der Waals surface area contributed by atoms with Crippen LogP contribution in [0.4, 0.5) is 5.82 Å². The summed E-state index contributed by atoms with van der Waals surface area (Å²) in [6.45, 7) is 0. The topological polar surface area (TPSA) is 123 Å². The fraction of sp³-hybridized carbons (Fsp3) is 0.250. The lowest BCUT2D eigenvalue weighted by atomic mass is 9.90. The number of aliphatic hydroxyl groups is 1. The third-order valence-corrected chi connectivity index (χ3v) is 4.10. The molecule has 1 aliphatic carbocycles. The molecule has 3 aromatic rings. The van der Waals surface area contributed by atoms with Gasteiger partial charge in [-0.15, -0.1) is 5.10 Å². The molecule has 0 amide bonds. The lowest BCUT2D eigenvalue weighted by Crippen LogP contribution is -2.31. The van der Waals surface area contributed by atoms with E-state index in [1.54, 1.807) is 28.9 Å². The van der Waals surface area contributed by atoms with Crippen molar-refractivity contribution >= 4 is 16.9 Å². The van der Waals surface area contributed by atoms with Gasteiger partial charge in [-0.3, -0.25) is 0 Å². The molecular formula is C16H14N6O2. The number of aromatic nitrogens is 4. The number of ether oxygens (including phenoxy) is 1. The van der Waals surface area contributed by atoms with Crippen molar-refractivity contribution in [1.29, 1.82) is 5.26 Å². The van der Waals surface area contributed by atoms with Crippen molar-refractivity contribution in [1.82, 2.24) is 19.7 Å². The fourth-order valence-electron chi connectivity index (χ4n) is 2.79. The van der Waals surface area contributed by atoms with Crippen LogP contribution in [-0.2, 0) is 0 Å². The normalized spacial score (nSPS) is 19.7. The first-order chi connectivity index (χ1) is 11.7. The zero-order valence-electron chi connectivity index (χ0n) is 12.6. The molecule has 3 N–H and O–H groups in total. The Morgan fingerprint density at radius 2 is 2.17 bits per heavy atom. The first-order valence-corrected chi connectivity index (χ1v) is 7.50. The van der Waals surface area contributed by atoms with Crippen LogP contribution in [-0.4, -0.2) is 31.0 Å². The standard InChI is InChI=1S/C16H14N6O2/c17-7-9-2-1-3-12(4-9)24-16-13-14(18)19-8-20-15(13)22(21-16)10-5-11(23)6-10/h1-4,8,10-11,23H,5-6H2,(H2,18,19,20). The van der Waals surface area contributed by atoms with Crippen LogP contribution in [0.1, 0.15) is 24.4 Å². The summed E-state index contributed by atoms with van der Waals surface area (Å²) in [5.74, 6) is 1.05. The largest absolute Gasteiger partial charge is 0.437 e. The van der Waals surface area contributed by atoms with E-state index in [0.29, 0.717) is 41.1 Å². The predicted molar refractivity (Wildman–Crippen MR) is 85.2 cm³/mol. The molecule has 0 atom stereocenters. The highest BCUT2D eigenvalue weighted by Gasteiger charge is 2.32. The van der Waals surface area contributed by atoms with Crippen LogP contribution in [0.5, 0.6) is 11.6 Å². The first kappa shape index (κ1) is 14.4. The Hall–Kier alpha value is -3.18. The average molecular weight is 322 g/mol. The molecule has 0 bridgehead atoms. The molecule has 8 nitrogen and oxygen atoms in total. The highest BCUT2D eigenvalue weighted by Crippen LogP contribution is 2.38. The van der Waals surface area contributed by atoms with Crippen LogP contribution in [0, 0.1) is 11.3 Å². The number of fused-ring (bicyclic) bond motifs is 1. The van der Waals surface area contributed by atoms with Gasteiger partial charge in [0.25, 0.3) is 5.88 Å². The van der Waals surface area contributed by atoms with Gasteiger partial charge < -0.3 is 15.6 Å². The van der Waals surface area contributed by atoms with Crippen LogP contribution in [0.25, 0.3) is 11.0 Å². The van der Waals surface area contributed by atoms with E-state index in [2.05, 4.69) is 21.1 Å². The summed E-state index contributed by atoms with van der Waals surface area (Å²) in [7, 11) is 0. The molecule has 1 saturated carbocycles. The summed E-state index contributed by atoms with van der Waals surface area (Å²) in [5, 5.41) is 23.5. The van der Waals surface area contributed by atoms with E-state index < -0.39 is 0 Å². The number of rotatable bonds is 3. The Kier molecular flexibility index (Phi) is 3.29. The Morgan fingerprint density at radius 1 is 1.33 bits per heavy atom. The molecule has 2 aromatic heterocycles. The zero-order valence-corrected chi connectivity index (χ0v) is 12.6. The molecular weight excluding hydrogens is 308 g/mol. The minimum Gasteiger partial charge on any atom is -0.437 e.